The van der Waals surface area contributed by atoms with Gasteiger partial charge < -0.3 is 15.0 Å². The predicted octanol–water partition coefficient (Wildman–Crippen LogP) is 2.93. The van der Waals surface area contributed by atoms with Gasteiger partial charge in [-0.1, -0.05) is 12.8 Å². The van der Waals surface area contributed by atoms with Crippen molar-refractivity contribution in [2.24, 2.45) is 0 Å². The number of piperazine rings is 1. The minimum atomic E-state index is -0.384. The largest absolute Gasteiger partial charge is 0.494 e. The molecule has 1 aliphatic carbocycles. The lowest BCUT2D eigenvalue weighted by Gasteiger charge is -2.38. The van der Waals surface area contributed by atoms with Crippen LogP contribution >= 0.6 is 0 Å². The summed E-state index contributed by atoms with van der Waals surface area (Å²) in [7, 11) is 1.46. The van der Waals surface area contributed by atoms with Crippen molar-refractivity contribution in [3.63, 3.8) is 0 Å². The van der Waals surface area contributed by atoms with E-state index in [2.05, 4.69) is 10.2 Å². The van der Waals surface area contributed by atoms with Gasteiger partial charge in [0.05, 0.1) is 12.8 Å². The Morgan fingerprint density at radius 2 is 1.91 bits per heavy atom. The second-order valence-corrected chi connectivity index (χ2v) is 6.24. The molecule has 1 saturated heterocycles. The van der Waals surface area contributed by atoms with Gasteiger partial charge in [-0.25, -0.2) is 9.18 Å². The van der Waals surface area contributed by atoms with E-state index in [0.717, 1.165) is 26.2 Å². The molecule has 1 aromatic rings. The highest BCUT2D eigenvalue weighted by Gasteiger charge is 2.28. The van der Waals surface area contributed by atoms with Gasteiger partial charge in [0.15, 0.2) is 0 Å². The van der Waals surface area contributed by atoms with Gasteiger partial charge >= 0.3 is 6.03 Å². The van der Waals surface area contributed by atoms with Crippen molar-refractivity contribution >= 4 is 11.7 Å². The number of carbonyl (C=O) groups is 1. The average Bonchev–Trinajstić information content (AvgIpc) is 3.11. The zero-order valence-electron chi connectivity index (χ0n) is 13.6. The molecule has 0 unspecified atom stereocenters. The maximum absolute atomic E-state index is 13.2. The number of amides is 2. The van der Waals surface area contributed by atoms with Crippen molar-refractivity contribution < 1.29 is 13.9 Å². The number of hydrogen-bond acceptors (Lipinski definition) is 3. The monoisotopic (exact) mass is 321 g/mol. The number of rotatable bonds is 3. The number of carbonyl (C=O) groups excluding carboxylic acids is 1. The molecule has 23 heavy (non-hydrogen) atoms. The molecular weight excluding hydrogens is 297 g/mol. The number of nitrogens with one attached hydrogen (secondary N) is 1. The van der Waals surface area contributed by atoms with Crippen LogP contribution in [0.1, 0.15) is 25.7 Å². The van der Waals surface area contributed by atoms with Crippen LogP contribution in [0.5, 0.6) is 5.75 Å². The van der Waals surface area contributed by atoms with Crippen molar-refractivity contribution in [3.05, 3.63) is 24.0 Å². The van der Waals surface area contributed by atoms with Crippen molar-refractivity contribution in [3.8, 4) is 5.75 Å². The first-order chi connectivity index (χ1) is 11.2. The molecule has 1 aromatic carbocycles. The van der Waals surface area contributed by atoms with Crippen LogP contribution in [-0.4, -0.2) is 55.2 Å². The summed E-state index contributed by atoms with van der Waals surface area (Å²) in [5.41, 5.74) is 0.497. The fraction of sp³-hybridized carbons (Fsp3) is 0.588. The van der Waals surface area contributed by atoms with Crippen LogP contribution in [-0.2, 0) is 0 Å². The Kier molecular flexibility index (Phi) is 5.00. The summed E-state index contributed by atoms with van der Waals surface area (Å²) in [6, 6.07) is 4.67. The highest BCUT2D eigenvalue weighted by atomic mass is 19.1. The molecule has 6 heteroatoms. The highest BCUT2D eigenvalue weighted by Crippen LogP contribution is 2.26. The van der Waals surface area contributed by atoms with Crippen LogP contribution in [0.3, 0.4) is 0 Å². The van der Waals surface area contributed by atoms with E-state index in [1.54, 1.807) is 0 Å². The van der Waals surface area contributed by atoms with Crippen LogP contribution in [0, 0.1) is 5.82 Å². The second-order valence-electron chi connectivity index (χ2n) is 6.24. The quantitative estimate of drug-likeness (QED) is 0.931. The normalized spacial score (nSPS) is 19.8. The number of urea groups is 1. The molecule has 0 radical (unpaired) electrons. The minimum Gasteiger partial charge on any atom is -0.494 e. The highest BCUT2D eigenvalue weighted by molar-refractivity contribution is 5.91. The van der Waals surface area contributed by atoms with Gasteiger partial charge in [0.25, 0.3) is 0 Å². The van der Waals surface area contributed by atoms with Crippen LogP contribution in [0.25, 0.3) is 0 Å². The molecule has 1 aliphatic heterocycles. The smallest absolute Gasteiger partial charge is 0.322 e. The molecule has 0 aromatic heterocycles. The molecule has 2 amide bonds. The Labute approximate surface area is 136 Å². The van der Waals surface area contributed by atoms with E-state index in [9.17, 15) is 9.18 Å². The lowest BCUT2D eigenvalue weighted by atomic mass is 10.2. The summed E-state index contributed by atoms with van der Waals surface area (Å²) in [5.74, 6) is -0.0482. The van der Waals surface area contributed by atoms with Gasteiger partial charge in [0.1, 0.15) is 11.6 Å². The number of methoxy groups -OCH3 is 1. The summed E-state index contributed by atoms with van der Waals surface area (Å²) < 4.78 is 18.3. The van der Waals surface area contributed by atoms with E-state index in [1.807, 2.05) is 4.90 Å². The lowest BCUT2D eigenvalue weighted by molar-refractivity contribution is 0.115. The topological polar surface area (TPSA) is 44.8 Å². The van der Waals surface area contributed by atoms with Crippen LogP contribution < -0.4 is 10.1 Å². The van der Waals surface area contributed by atoms with E-state index in [1.165, 1.54) is 51.0 Å². The number of nitrogens with zero attached hydrogens (tertiary/aromatic N) is 2. The third kappa shape index (κ3) is 3.75. The number of anilines is 1. The lowest BCUT2D eigenvalue weighted by Crippen LogP contribution is -2.52. The van der Waals surface area contributed by atoms with Crippen LogP contribution in [0.15, 0.2) is 18.2 Å². The molecule has 2 aliphatic rings. The molecular formula is C17H24FN3O2. The maximum Gasteiger partial charge on any atom is 0.322 e. The van der Waals surface area contributed by atoms with Crippen molar-refractivity contribution in [1.82, 2.24) is 9.80 Å². The van der Waals surface area contributed by atoms with Gasteiger partial charge in [0.2, 0.25) is 0 Å². The molecule has 2 fully saturated rings. The van der Waals surface area contributed by atoms with Gasteiger partial charge in [-0.3, -0.25) is 4.90 Å². The molecule has 3 rings (SSSR count). The molecule has 1 saturated carbocycles. The Hall–Kier alpha value is -1.82. The van der Waals surface area contributed by atoms with Crippen molar-refractivity contribution in [2.45, 2.75) is 31.7 Å². The van der Waals surface area contributed by atoms with Gasteiger partial charge in [0, 0.05) is 38.3 Å². The molecule has 0 spiro atoms. The van der Waals surface area contributed by atoms with Gasteiger partial charge in [-0.05, 0) is 25.0 Å². The van der Waals surface area contributed by atoms with E-state index in [0.29, 0.717) is 17.5 Å². The second kappa shape index (κ2) is 7.17. The van der Waals surface area contributed by atoms with Gasteiger partial charge in [-0.2, -0.15) is 0 Å². The zero-order chi connectivity index (χ0) is 16.2. The summed E-state index contributed by atoms with van der Waals surface area (Å²) >= 11 is 0. The molecule has 1 N–H and O–H groups in total. The predicted molar refractivity (Wildman–Crippen MR) is 87.4 cm³/mol. The first-order valence-electron chi connectivity index (χ1n) is 8.31. The molecule has 0 bridgehead atoms. The Balaban J connectivity index is 1.55. The third-order valence-corrected chi connectivity index (χ3v) is 4.85. The van der Waals surface area contributed by atoms with E-state index < -0.39 is 0 Å². The Bertz CT molecular complexity index is 553. The van der Waals surface area contributed by atoms with E-state index >= 15 is 0 Å². The van der Waals surface area contributed by atoms with Crippen LogP contribution in [0.2, 0.25) is 0 Å². The summed E-state index contributed by atoms with van der Waals surface area (Å²) in [6.45, 7) is 3.31. The summed E-state index contributed by atoms with van der Waals surface area (Å²) in [4.78, 5) is 16.7. The molecule has 0 atom stereocenters. The molecule has 1 heterocycles. The molecule has 5 nitrogen and oxygen atoms in total. The standard InChI is InChI=1S/C17H24FN3O2/c1-23-16-12-13(18)6-7-15(16)19-17(22)21-10-8-20(9-11-21)14-4-2-3-5-14/h6-7,12,14H,2-5,8-11H2,1H3,(H,19,22). The van der Waals surface area contributed by atoms with Crippen molar-refractivity contribution in [1.29, 1.82) is 0 Å². The number of halogens is 1. The minimum absolute atomic E-state index is 0.152. The average molecular weight is 321 g/mol. The number of hydrogen-bond donors (Lipinski definition) is 1. The van der Waals surface area contributed by atoms with E-state index in [4.69, 9.17) is 4.74 Å². The van der Waals surface area contributed by atoms with E-state index in [-0.39, 0.29) is 11.8 Å². The maximum atomic E-state index is 13.2. The zero-order valence-corrected chi connectivity index (χ0v) is 13.6. The van der Waals surface area contributed by atoms with Gasteiger partial charge in [-0.15, -0.1) is 0 Å². The summed E-state index contributed by atoms with van der Waals surface area (Å²) in [6.07, 6.45) is 5.24. The SMILES string of the molecule is COc1cc(F)ccc1NC(=O)N1CCN(C2CCCC2)CC1. The first-order valence-corrected chi connectivity index (χ1v) is 8.31. The number of benzene rings is 1. The Morgan fingerprint density at radius 3 is 2.57 bits per heavy atom. The third-order valence-electron chi connectivity index (χ3n) is 4.85. The summed E-state index contributed by atoms with van der Waals surface area (Å²) in [5, 5.41) is 2.82. The Morgan fingerprint density at radius 1 is 1.22 bits per heavy atom. The first kappa shape index (κ1) is 16.1. The molecule has 126 valence electrons. The fourth-order valence-electron chi connectivity index (χ4n) is 3.52. The fourth-order valence-corrected chi connectivity index (χ4v) is 3.52. The van der Waals surface area contributed by atoms with Crippen molar-refractivity contribution in [2.75, 3.05) is 38.6 Å². The number of ether oxygens (including phenoxy) is 1. The van der Waals surface area contributed by atoms with Crippen LogP contribution in [0.4, 0.5) is 14.9 Å².